The van der Waals surface area contributed by atoms with Gasteiger partial charge in [0.2, 0.25) is 0 Å². The minimum atomic E-state index is -1.49. The molecule has 0 aliphatic heterocycles. The molecule has 0 aromatic heterocycles. The molecule has 0 atom stereocenters. The topological polar surface area (TPSA) is 49.7 Å². The fourth-order valence-electron chi connectivity index (χ4n) is 1.65. The van der Waals surface area contributed by atoms with Crippen LogP contribution >= 0.6 is 35.0 Å². The first kappa shape index (κ1) is 16.5. The first-order valence-corrected chi connectivity index (χ1v) is 7.97. The van der Waals surface area contributed by atoms with Gasteiger partial charge in [0.15, 0.2) is 0 Å². The van der Waals surface area contributed by atoms with Crippen LogP contribution in [0.1, 0.15) is 0 Å². The van der Waals surface area contributed by atoms with E-state index in [1.54, 1.807) is 42.1 Å². The molecule has 0 spiro atoms. The molecule has 2 aromatic carbocycles. The van der Waals surface area contributed by atoms with Gasteiger partial charge in [0.1, 0.15) is 5.75 Å². The van der Waals surface area contributed by atoms with Gasteiger partial charge >= 0.3 is 7.12 Å². The highest BCUT2D eigenvalue weighted by molar-refractivity contribution is 7.99. The van der Waals surface area contributed by atoms with E-state index >= 15 is 0 Å². The lowest BCUT2D eigenvalue weighted by atomic mass is 9.80. The molecule has 21 heavy (non-hydrogen) atoms. The molecule has 7 heteroatoms. The smallest absolute Gasteiger partial charge is 0.488 e. The number of benzene rings is 2. The van der Waals surface area contributed by atoms with Crippen LogP contribution < -0.4 is 10.2 Å². The predicted molar refractivity (Wildman–Crippen MR) is 88.9 cm³/mol. The van der Waals surface area contributed by atoms with Gasteiger partial charge in [-0.2, -0.15) is 0 Å². The summed E-state index contributed by atoms with van der Waals surface area (Å²) in [7, 11) is -1.49. The molecule has 0 unspecified atom stereocenters. The first-order valence-electron chi connectivity index (χ1n) is 6.23. The van der Waals surface area contributed by atoms with Crippen LogP contribution in [0.4, 0.5) is 0 Å². The lowest BCUT2D eigenvalue weighted by molar-refractivity contribution is 0.344. The van der Waals surface area contributed by atoms with Gasteiger partial charge in [-0.05, 0) is 35.8 Å². The van der Waals surface area contributed by atoms with Gasteiger partial charge in [0.25, 0.3) is 0 Å². The molecule has 2 N–H and O–H groups in total. The second kappa shape index (κ2) is 7.96. The molecule has 0 heterocycles. The summed E-state index contributed by atoms with van der Waals surface area (Å²) in [6.45, 7) is 0.496. The van der Waals surface area contributed by atoms with E-state index in [1.807, 2.05) is 12.1 Å². The zero-order chi connectivity index (χ0) is 15.2. The molecule has 0 saturated heterocycles. The molecule has 0 fully saturated rings. The molecule has 2 aromatic rings. The number of hydrogen-bond donors (Lipinski definition) is 2. The number of hydrogen-bond acceptors (Lipinski definition) is 4. The maximum atomic E-state index is 9.09. The van der Waals surface area contributed by atoms with Gasteiger partial charge in [0, 0.05) is 10.6 Å². The third-order valence-electron chi connectivity index (χ3n) is 2.67. The van der Waals surface area contributed by atoms with Crippen LogP contribution in [0.15, 0.2) is 47.4 Å². The molecule has 0 bridgehead atoms. The summed E-state index contributed by atoms with van der Waals surface area (Å²) >= 11 is 13.4. The highest BCUT2D eigenvalue weighted by Gasteiger charge is 2.10. The Bertz CT molecular complexity index is 611. The van der Waals surface area contributed by atoms with Crippen molar-refractivity contribution in [2.45, 2.75) is 4.90 Å². The fourth-order valence-corrected chi connectivity index (χ4v) is 2.78. The summed E-state index contributed by atoms with van der Waals surface area (Å²) in [5.74, 6) is 1.35. The van der Waals surface area contributed by atoms with E-state index in [4.69, 9.17) is 38.0 Å². The summed E-state index contributed by atoms with van der Waals surface area (Å²) in [5.41, 5.74) is 0.407. The molecule has 0 aliphatic rings. The van der Waals surface area contributed by atoms with Crippen LogP contribution in [0, 0.1) is 0 Å². The lowest BCUT2D eigenvalue weighted by Gasteiger charge is -2.08. The highest BCUT2D eigenvalue weighted by atomic mass is 35.5. The van der Waals surface area contributed by atoms with Crippen molar-refractivity contribution in [1.82, 2.24) is 0 Å². The lowest BCUT2D eigenvalue weighted by Crippen LogP contribution is -2.29. The first-order chi connectivity index (χ1) is 10.1. The van der Waals surface area contributed by atoms with Crippen molar-refractivity contribution in [3.8, 4) is 5.75 Å². The Labute approximate surface area is 138 Å². The molecule has 2 rings (SSSR count). The molecule has 0 amide bonds. The molecular formula is C14H13BCl2O3S. The van der Waals surface area contributed by atoms with Crippen molar-refractivity contribution in [3.05, 3.63) is 52.5 Å². The van der Waals surface area contributed by atoms with Gasteiger partial charge in [0.05, 0.1) is 16.7 Å². The second-order valence-electron chi connectivity index (χ2n) is 4.22. The minimum absolute atomic E-state index is 0.407. The van der Waals surface area contributed by atoms with Gasteiger partial charge in [-0.1, -0.05) is 35.3 Å². The molecule has 0 aliphatic carbocycles. The van der Waals surface area contributed by atoms with Gasteiger partial charge < -0.3 is 14.8 Å². The zero-order valence-electron chi connectivity index (χ0n) is 11.0. The van der Waals surface area contributed by atoms with Crippen molar-refractivity contribution in [1.29, 1.82) is 0 Å². The molecule has 0 radical (unpaired) electrons. The Balaban J connectivity index is 1.81. The monoisotopic (exact) mass is 342 g/mol. The normalized spacial score (nSPS) is 10.5. The van der Waals surface area contributed by atoms with Crippen LogP contribution in [0.3, 0.4) is 0 Å². The summed E-state index contributed by atoms with van der Waals surface area (Å²) in [6, 6.07) is 12.2. The van der Waals surface area contributed by atoms with E-state index in [9.17, 15) is 0 Å². The Morgan fingerprint density at radius 3 is 2.57 bits per heavy atom. The third-order valence-corrected chi connectivity index (χ3v) is 4.37. The average molecular weight is 343 g/mol. The third kappa shape index (κ3) is 5.13. The fraction of sp³-hybridized carbons (Fsp3) is 0.143. The number of rotatable bonds is 6. The van der Waals surface area contributed by atoms with Gasteiger partial charge in [-0.3, -0.25) is 0 Å². The van der Waals surface area contributed by atoms with E-state index in [0.29, 0.717) is 27.9 Å². The summed E-state index contributed by atoms with van der Waals surface area (Å²) < 4.78 is 5.57. The summed E-state index contributed by atoms with van der Waals surface area (Å²) in [4.78, 5) is 1.02. The predicted octanol–water partition coefficient (Wildman–Crippen LogP) is 2.84. The SMILES string of the molecule is OB(O)c1cccc(OCCSc2ccc(Cl)c(Cl)c2)c1. The largest absolute Gasteiger partial charge is 0.493 e. The van der Waals surface area contributed by atoms with Crippen molar-refractivity contribution in [2.24, 2.45) is 0 Å². The van der Waals surface area contributed by atoms with E-state index in [0.717, 1.165) is 10.6 Å². The quantitative estimate of drug-likeness (QED) is 0.481. The second-order valence-corrected chi connectivity index (χ2v) is 6.20. The minimum Gasteiger partial charge on any atom is -0.493 e. The van der Waals surface area contributed by atoms with E-state index in [1.165, 1.54) is 0 Å². The Kier molecular flexibility index (Phi) is 6.27. The summed E-state index contributed by atoms with van der Waals surface area (Å²) in [5, 5.41) is 19.3. The maximum absolute atomic E-state index is 9.09. The average Bonchev–Trinajstić information content (AvgIpc) is 2.47. The van der Waals surface area contributed by atoms with Crippen molar-refractivity contribution in [2.75, 3.05) is 12.4 Å². The standard InChI is InChI=1S/C14H13BCl2O3S/c16-13-5-4-12(9-14(13)17)21-7-6-20-11-3-1-2-10(8-11)15(18)19/h1-5,8-9,18-19H,6-7H2. The van der Waals surface area contributed by atoms with Crippen LogP contribution in [-0.2, 0) is 0 Å². The maximum Gasteiger partial charge on any atom is 0.488 e. The van der Waals surface area contributed by atoms with Crippen LogP contribution in [0.25, 0.3) is 0 Å². The molecule has 0 saturated carbocycles. The van der Waals surface area contributed by atoms with Crippen LogP contribution in [0.2, 0.25) is 10.0 Å². The Morgan fingerprint density at radius 1 is 1.05 bits per heavy atom. The van der Waals surface area contributed by atoms with E-state index < -0.39 is 7.12 Å². The number of ether oxygens (including phenoxy) is 1. The van der Waals surface area contributed by atoms with Crippen molar-refractivity contribution >= 4 is 47.5 Å². The Morgan fingerprint density at radius 2 is 1.86 bits per heavy atom. The van der Waals surface area contributed by atoms with Crippen molar-refractivity contribution in [3.63, 3.8) is 0 Å². The number of halogens is 2. The van der Waals surface area contributed by atoms with Gasteiger partial charge in [-0.15, -0.1) is 11.8 Å². The van der Waals surface area contributed by atoms with E-state index in [-0.39, 0.29) is 0 Å². The van der Waals surface area contributed by atoms with Crippen LogP contribution in [0.5, 0.6) is 5.75 Å². The molecule has 3 nitrogen and oxygen atoms in total. The summed E-state index contributed by atoms with van der Waals surface area (Å²) in [6.07, 6.45) is 0. The van der Waals surface area contributed by atoms with E-state index in [2.05, 4.69) is 0 Å². The van der Waals surface area contributed by atoms with Crippen molar-refractivity contribution < 1.29 is 14.8 Å². The zero-order valence-corrected chi connectivity index (χ0v) is 13.3. The highest BCUT2D eigenvalue weighted by Crippen LogP contribution is 2.27. The van der Waals surface area contributed by atoms with Gasteiger partial charge in [-0.25, -0.2) is 0 Å². The number of thioether (sulfide) groups is 1. The van der Waals surface area contributed by atoms with Crippen LogP contribution in [-0.4, -0.2) is 29.5 Å². The molecule has 110 valence electrons. The Hall–Kier alpha value is -0.845. The molecular weight excluding hydrogens is 330 g/mol.